The minimum atomic E-state index is -0.540. The highest BCUT2D eigenvalue weighted by Crippen LogP contribution is 2.29. The molecule has 6 nitrogen and oxygen atoms in total. The second-order valence-electron chi connectivity index (χ2n) is 5.99. The first-order valence-electron chi connectivity index (χ1n) is 8.01. The Morgan fingerprint density at radius 2 is 2.26 bits per heavy atom. The summed E-state index contributed by atoms with van der Waals surface area (Å²) in [5, 5.41) is 16.7. The van der Waals surface area contributed by atoms with Crippen LogP contribution in [0.2, 0.25) is 0 Å². The Labute approximate surface area is 134 Å². The van der Waals surface area contributed by atoms with E-state index in [1.165, 1.54) is 0 Å². The van der Waals surface area contributed by atoms with Crippen LogP contribution < -0.4 is 5.32 Å². The molecule has 0 radical (unpaired) electrons. The van der Waals surface area contributed by atoms with E-state index in [2.05, 4.69) is 15.5 Å². The number of rotatable bonds is 4. The SMILES string of the molecule is CCc1noc(-c2ccc(C)c(NC(=O)C3CCCC3O)c2)n1. The number of anilines is 1. The van der Waals surface area contributed by atoms with E-state index in [1.54, 1.807) is 0 Å². The Balaban J connectivity index is 1.81. The normalized spacial score (nSPS) is 20.7. The van der Waals surface area contributed by atoms with E-state index in [0.717, 1.165) is 24.0 Å². The average Bonchev–Trinajstić information content (AvgIpc) is 3.18. The lowest BCUT2D eigenvalue weighted by atomic mass is 10.0. The maximum Gasteiger partial charge on any atom is 0.257 e. The molecule has 1 fully saturated rings. The summed E-state index contributed by atoms with van der Waals surface area (Å²) in [4.78, 5) is 16.7. The molecule has 122 valence electrons. The molecule has 1 aliphatic rings. The highest BCUT2D eigenvalue weighted by atomic mass is 16.5. The number of benzene rings is 1. The van der Waals surface area contributed by atoms with Crippen molar-refractivity contribution in [2.45, 2.75) is 45.6 Å². The first kappa shape index (κ1) is 15.7. The maximum absolute atomic E-state index is 12.4. The molecule has 0 saturated heterocycles. The van der Waals surface area contributed by atoms with Crippen LogP contribution in [-0.2, 0) is 11.2 Å². The predicted octanol–water partition coefficient (Wildman–Crippen LogP) is 2.71. The van der Waals surface area contributed by atoms with E-state index in [-0.39, 0.29) is 11.8 Å². The highest BCUT2D eigenvalue weighted by molar-refractivity contribution is 5.94. The van der Waals surface area contributed by atoms with Crippen LogP contribution in [0, 0.1) is 12.8 Å². The second-order valence-corrected chi connectivity index (χ2v) is 5.99. The summed E-state index contributed by atoms with van der Waals surface area (Å²) in [5.74, 6) is 0.640. The quantitative estimate of drug-likeness (QED) is 0.905. The summed E-state index contributed by atoms with van der Waals surface area (Å²) >= 11 is 0. The van der Waals surface area contributed by atoms with Gasteiger partial charge in [0.1, 0.15) is 0 Å². The smallest absolute Gasteiger partial charge is 0.257 e. The van der Waals surface area contributed by atoms with Gasteiger partial charge in [0.25, 0.3) is 5.89 Å². The van der Waals surface area contributed by atoms with Gasteiger partial charge in [-0.15, -0.1) is 0 Å². The van der Waals surface area contributed by atoms with Gasteiger partial charge in [0.2, 0.25) is 5.91 Å². The molecule has 1 amide bonds. The number of hydrogen-bond acceptors (Lipinski definition) is 5. The fraction of sp³-hybridized carbons (Fsp3) is 0.471. The number of carbonyl (C=O) groups is 1. The predicted molar refractivity (Wildman–Crippen MR) is 85.8 cm³/mol. The van der Waals surface area contributed by atoms with Crippen LogP contribution in [0.5, 0.6) is 0 Å². The van der Waals surface area contributed by atoms with Crippen molar-refractivity contribution in [1.29, 1.82) is 0 Å². The van der Waals surface area contributed by atoms with Crippen LogP contribution >= 0.6 is 0 Å². The van der Waals surface area contributed by atoms with Crippen molar-refractivity contribution in [3.63, 3.8) is 0 Å². The van der Waals surface area contributed by atoms with Crippen LogP contribution in [0.25, 0.3) is 11.5 Å². The lowest BCUT2D eigenvalue weighted by Crippen LogP contribution is -2.28. The van der Waals surface area contributed by atoms with E-state index in [4.69, 9.17) is 4.52 Å². The third kappa shape index (κ3) is 3.27. The fourth-order valence-corrected chi connectivity index (χ4v) is 2.88. The van der Waals surface area contributed by atoms with Crippen LogP contribution in [0.1, 0.15) is 37.6 Å². The molecule has 1 aromatic carbocycles. The Bertz CT molecular complexity index is 711. The molecule has 1 heterocycles. The standard InChI is InChI=1S/C17H21N3O3/c1-3-15-19-17(23-20-15)11-8-7-10(2)13(9-11)18-16(22)12-5-4-6-14(12)21/h7-9,12,14,21H,3-6H2,1-2H3,(H,18,22). The summed E-state index contributed by atoms with van der Waals surface area (Å²) in [6, 6.07) is 5.63. The summed E-state index contributed by atoms with van der Waals surface area (Å²) < 4.78 is 5.24. The third-order valence-corrected chi connectivity index (χ3v) is 4.34. The number of aliphatic hydroxyl groups excluding tert-OH is 1. The first-order valence-corrected chi connectivity index (χ1v) is 8.01. The van der Waals surface area contributed by atoms with Gasteiger partial charge in [-0.3, -0.25) is 4.79 Å². The zero-order valence-corrected chi connectivity index (χ0v) is 13.4. The molecular formula is C17H21N3O3. The van der Waals surface area contributed by atoms with Crippen LogP contribution in [0.4, 0.5) is 5.69 Å². The molecule has 1 aliphatic carbocycles. The summed E-state index contributed by atoms with van der Waals surface area (Å²) in [6.07, 6.45) is 2.48. The van der Waals surface area contributed by atoms with Crippen LogP contribution in [-0.4, -0.2) is 27.3 Å². The number of carbonyl (C=O) groups excluding carboxylic acids is 1. The van der Waals surface area contributed by atoms with Gasteiger partial charge in [-0.05, 0) is 43.9 Å². The monoisotopic (exact) mass is 315 g/mol. The lowest BCUT2D eigenvalue weighted by Gasteiger charge is -2.16. The summed E-state index contributed by atoms with van der Waals surface area (Å²) in [6.45, 7) is 3.89. The molecule has 0 bridgehead atoms. The molecule has 23 heavy (non-hydrogen) atoms. The molecule has 1 aromatic heterocycles. The van der Waals surface area contributed by atoms with Crippen molar-refractivity contribution in [3.05, 3.63) is 29.6 Å². The Morgan fingerprint density at radius 1 is 1.43 bits per heavy atom. The Morgan fingerprint density at radius 3 is 2.91 bits per heavy atom. The van der Waals surface area contributed by atoms with Crippen molar-refractivity contribution >= 4 is 11.6 Å². The molecule has 2 aromatic rings. The second kappa shape index (κ2) is 6.50. The number of aryl methyl sites for hydroxylation is 2. The lowest BCUT2D eigenvalue weighted by molar-refractivity contribution is -0.122. The first-order chi connectivity index (χ1) is 11.1. The number of nitrogens with zero attached hydrogens (tertiary/aromatic N) is 2. The average molecular weight is 315 g/mol. The van der Waals surface area contributed by atoms with Gasteiger partial charge in [-0.2, -0.15) is 4.98 Å². The molecule has 2 unspecified atom stereocenters. The number of aromatic nitrogens is 2. The number of hydrogen-bond donors (Lipinski definition) is 2. The zero-order chi connectivity index (χ0) is 16.4. The van der Waals surface area contributed by atoms with Crippen molar-refractivity contribution in [2.75, 3.05) is 5.32 Å². The molecule has 0 aliphatic heterocycles. The summed E-state index contributed by atoms with van der Waals surface area (Å²) in [7, 11) is 0. The van der Waals surface area contributed by atoms with Crippen molar-refractivity contribution in [2.24, 2.45) is 5.92 Å². The minimum absolute atomic E-state index is 0.130. The molecule has 3 rings (SSSR count). The van der Waals surface area contributed by atoms with Gasteiger partial charge in [-0.25, -0.2) is 0 Å². The summed E-state index contributed by atoms with van der Waals surface area (Å²) in [5.41, 5.74) is 2.43. The van der Waals surface area contributed by atoms with Crippen molar-refractivity contribution in [3.8, 4) is 11.5 Å². The Kier molecular flexibility index (Phi) is 4.43. The molecule has 6 heteroatoms. The van der Waals surface area contributed by atoms with Gasteiger partial charge in [0, 0.05) is 17.7 Å². The van der Waals surface area contributed by atoms with E-state index in [1.807, 2.05) is 32.0 Å². The largest absolute Gasteiger partial charge is 0.392 e. The fourth-order valence-electron chi connectivity index (χ4n) is 2.88. The molecule has 2 atom stereocenters. The molecule has 0 spiro atoms. The van der Waals surface area contributed by atoms with E-state index < -0.39 is 6.10 Å². The van der Waals surface area contributed by atoms with Crippen molar-refractivity contribution < 1.29 is 14.4 Å². The van der Waals surface area contributed by atoms with Gasteiger partial charge >= 0.3 is 0 Å². The maximum atomic E-state index is 12.4. The van der Waals surface area contributed by atoms with Gasteiger partial charge < -0.3 is 14.9 Å². The molecule has 1 saturated carbocycles. The van der Waals surface area contributed by atoms with Crippen LogP contribution in [0.3, 0.4) is 0 Å². The van der Waals surface area contributed by atoms with E-state index in [9.17, 15) is 9.90 Å². The molecule has 2 N–H and O–H groups in total. The zero-order valence-electron chi connectivity index (χ0n) is 13.4. The molecular weight excluding hydrogens is 294 g/mol. The van der Waals surface area contributed by atoms with E-state index in [0.29, 0.717) is 30.2 Å². The Hall–Kier alpha value is -2.21. The number of amides is 1. The van der Waals surface area contributed by atoms with Gasteiger partial charge in [0.05, 0.1) is 12.0 Å². The van der Waals surface area contributed by atoms with Crippen molar-refractivity contribution in [1.82, 2.24) is 10.1 Å². The van der Waals surface area contributed by atoms with Crippen LogP contribution in [0.15, 0.2) is 22.7 Å². The number of aliphatic hydroxyl groups is 1. The van der Waals surface area contributed by atoms with Gasteiger partial charge in [0.15, 0.2) is 5.82 Å². The topological polar surface area (TPSA) is 88.2 Å². The number of nitrogens with one attached hydrogen (secondary N) is 1. The van der Waals surface area contributed by atoms with Gasteiger partial charge in [-0.1, -0.05) is 18.1 Å². The third-order valence-electron chi connectivity index (χ3n) is 4.34. The van der Waals surface area contributed by atoms with E-state index >= 15 is 0 Å². The minimum Gasteiger partial charge on any atom is -0.392 e. The highest BCUT2D eigenvalue weighted by Gasteiger charge is 2.31.